The summed E-state index contributed by atoms with van der Waals surface area (Å²) in [6, 6.07) is 9.54. The minimum Gasteiger partial charge on any atom is -0.344 e. The maximum absolute atomic E-state index is 12.8. The molecule has 4 heteroatoms. The monoisotopic (exact) mass is 314 g/mol. The predicted molar refractivity (Wildman–Crippen MR) is 89.8 cm³/mol. The number of likely N-dealkylation sites (tertiary alicyclic amines) is 1. The number of amides is 2. The molecule has 0 aromatic heterocycles. The highest BCUT2D eigenvalue weighted by Crippen LogP contribution is 2.25. The van der Waals surface area contributed by atoms with Crippen LogP contribution in [0.5, 0.6) is 0 Å². The van der Waals surface area contributed by atoms with E-state index in [2.05, 4.69) is 5.32 Å². The molecule has 1 saturated carbocycles. The Morgan fingerprint density at radius 3 is 2.35 bits per heavy atom. The number of nitrogens with one attached hydrogen (secondary N) is 1. The van der Waals surface area contributed by atoms with Crippen molar-refractivity contribution in [2.24, 2.45) is 5.92 Å². The van der Waals surface area contributed by atoms with Crippen molar-refractivity contribution in [3.05, 3.63) is 35.9 Å². The molecule has 4 nitrogen and oxygen atoms in total. The molecule has 1 aromatic carbocycles. The summed E-state index contributed by atoms with van der Waals surface area (Å²) in [6.07, 6.45) is 6.89. The van der Waals surface area contributed by atoms with Gasteiger partial charge in [-0.2, -0.15) is 0 Å². The van der Waals surface area contributed by atoms with Crippen LogP contribution in [-0.4, -0.2) is 35.8 Å². The fraction of sp³-hybridized carbons (Fsp3) is 0.579. The zero-order chi connectivity index (χ0) is 16.1. The van der Waals surface area contributed by atoms with Crippen LogP contribution in [-0.2, 0) is 16.0 Å². The summed E-state index contributed by atoms with van der Waals surface area (Å²) in [4.78, 5) is 27.2. The maximum atomic E-state index is 12.8. The molecule has 0 radical (unpaired) electrons. The molecule has 1 aliphatic heterocycles. The Bertz CT molecular complexity index is 532. The van der Waals surface area contributed by atoms with Crippen molar-refractivity contribution in [1.29, 1.82) is 0 Å². The van der Waals surface area contributed by atoms with Crippen LogP contribution in [0.3, 0.4) is 0 Å². The van der Waals surface area contributed by atoms with E-state index < -0.39 is 6.04 Å². The molecule has 2 aliphatic rings. The van der Waals surface area contributed by atoms with Crippen LogP contribution in [0.1, 0.15) is 44.1 Å². The average molecular weight is 314 g/mol. The average Bonchev–Trinajstić information content (AvgIpc) is 3.27. The highest BCUT2D eigenvalue weighted by atomic mass is 16.2. The van der Waals surface area contributed by atoms with Crippen molar-refractivity contribution in [2.45, 2.75) is 51.0 Å². The highest BCUT2D eigenvalue weighted by molar-refractivity contribution is 5.89. The van der Waals surface area contributed by atoms with E-state index in [1.54, 1.807) is 0 Å². The van der Waals surface area contributed by atoms with Crippen molar-refractivity contribution in [3.8, 4) is 0 Å². The Labute approximate surface area is 138 Å². The standard InChI is InChI=1S/C19H26N2O2/c22-18(16-10-4-5-11-16)20-17(14-15-8-2-1-3-9-15)19(23)21-12-6-7-13-21/h1-3,8-9,16-17H,4-7,10-14H2,(H,20,22)/t17-/m0/s1. The van der Waals surface area contributed by atoms with E-state index in [0.29, 0.717) is 6.42 Å². The quantitative estimate of drug-likeness (QED) is 0.908. The first-order chi connectivity index (χ1) is 11.2. The number of carbonyl (C=O) groups excluding carboxylic acids is 2. The summed E-state index contributed by atoms with van der Waals surface area (Å²) in [5.41, 5.74) is 1.09. The Kier molecular flexibility index (Phi) is 5.31. The molecule has 1 saturated heterocycles. The Hall–Kier alpha value is -1.84. The van der Waals surface area contributed by atoms with E-state index in [9.17, 15) is 9.59 Å². The van der Waals surface area contributed by atoms with Crippen LogP contribution in [0.4, 0.5) is 0 Å². The smallest absolute Gasteiger partial charge is 0.245 e. The number of rotatable bonds is 5. The lowest BCUT2D eigenvalue weighted by molar-refractivity contribution is -0.136. The molecule has 1 N–H and O–H groups in total. The molecule has 124 valence electrons. The highest BCUT2D eigenvalue weighted by Gasteiger charge is 2.31. The molecule has 1 aliphatic carbocycles. The minimum absolute atomic E-state index is 0.0657. The summed E-state index contributed by atoms with van der Waals surface area (Å²) in [5.74, 6) is 0.244. The van der Waals surface area contributed by atoms with Gasteiger partial charge in [0.25, 0.3) is 0 Å². The largest absolute Gasteiger partial charge is 0.344 e. The SMILES string of the molecule is O=C(N[C@@H](Cc1ccccc1)C(=O)N1CCCC1)C1CCCC1. The molecular formula is C19H26N2O2. The summed E-state index contributed by atoms with van der Waals surface area (Å²) >= 11 is 0. The van der Waals surface area contributed by atoms with Crippen molar-refractivity contribution in [3.63, 3.8) is 0 Å². The van der Waals surface area contributed by atoms with Gasteiger partial charge in [-0.25, -0.2) is 0 Å². The molecule has 1 atom stereocenters. The first-order valence-electron chi connectivity index (χ1n) is 8.87. The Balaban J connectivity index is 1.69. The van der Waals surface area contributed by atoms with Crippen molar-refractivity contribution >= 4 is 11.8 Å². The molecule has 0 unspecified atom stereocenters. The molecule has 0 bridgehead atoms. The fourth-order valence-electron chi connectivity index (χ4n) is 3.69. The van der Waals surface area contributed by atoms with Crippen molar-refractivity contribution in [2.75, 3.05) is 13.1 Å². The van der Waals surface area contributed by atoms with Crippen LogP contribution in [0.2, 0.25) is 0 Å². The van der Waals surface area contributed by atoms with Crippen molar-refractivity contribution < 1.29 is 9.59 Å². The first kappa shape index (κ1) is 16.0. The van der Waals surface area contributed by atoms with E-state index in [0.717, 1.165) is 57.2 Å². The van der Waals surface area contributed by atoms with Gasteiger partial charge >= 0.3 is 0 Å². The Morgan fingerprint density at radius 2 is 1.70 bits per heavy atom. The lowest BCUT2D eigenvalue weighted by Crippen LogP contribution is -2.50. The van der Waals surface area contributed by atoms with E-state index in [4.69, 9.17) is 0 Å². The second-order valence-corrected chi connectivity index (χ2v) is 6.76. The van der Waals surface area contributed by atoms with Gasteiger partial charge in [-0.3, -0.25) is 9.59 Å². The topological polar surface area (TPSA) is 49.4 Å². The van der Waals surface area contributed by atoms with Gasteiger partial charge in [-0.15, -0.1) is 0 Å². The van der Waals surface area contributed by atoms with Gasteiger partial charge in [0.05, 0.1) is 0 Å². The third-order valence-electron chi connectivity index (χ3n) is 5.04. The number of hydrogen-bond donors (Lipinski definition) is 1. The van der Waals surface area contributed by atoms with Gasteiger partial charge in [0.1, 0.15) is 6.04 Å². The van der Waals surface area contributed by atoms with E-state index in [-0.39, 0.29) is 17.7 Å². The summed E-state index contributed by atoms with van der Waals surface area (Å²) in [6.45, 7) is 1.65. The van der Waals surface area contributed by atoms with Gasteiger partial charge in [0.15, 0.2) is 0 Å². The number of carbonyl (C=O) groups is 2. The molecule has 3 rings (SSSR count). The van der Waals surface area contributed by atoms with Crippen LogP contribution < -0.4 is 5.32 Å². The second-order valence-electron chi connectivity index (χ2n) is 6.76. The summed E-state index contributed by atoms with van der Waals surface area (Å²) < 4.78 is 0. The number of benzene rings is 1. The first-order valence-corrected chi connectivity index (χ1v) is 8.87. The van der Waals surface area contributed by atoms with Crippen LogP contribution in [0, 0.1) is 5.92 Å². The minimum atomic E-state index is -0.427. The van der Waals surface area contributed by atoms with E-state index in [1.165, 1.54) is 0 Å². The predicted octanol–water partition coefficient (Wildman–Crippen LogP) is 2.53. The Morgan fingerprint density at radius 1 is 1.04 bits per heavy atom. The van der Waals surface area contributed by atoms with Crippen LogP contribution in [0.15, 0.2) is 30.3 Å². The summed E-state index contributed by atoms with van der Waals surface area (Å²) in [5, 5.41) is 3.05. The van der Waals surface area contributed by atoms with Gasteiger partial charge in [-0.05, 0) is 31.2 Å². The third kappa shape index (κ3) is 4.12. The summed E-state index contributed by atoms with van der Waals surface area (Å²) in [7, 11) is 0. The fourth-order valence-corrected chi connectivity index (χ4v) is 3.69. The molecule has 23 heavy (non-hydrogen) atoms. The van der Waals surface area contributed by atoms with Gasteiger partial charge in [0.2, 0.25) is 11.8 Å². The van der Waals surface area contributed by atoms with Crippen LogP contribution in [0.25, 0.3) is 0 Å². The second kappa shape index (κ2) is 7.62. The zero-order valence-corrected chi connectivity index (χ0v) is 13.7. The van der Waals surface area contributed by atoms with Gasteiger partial charge in [0, 0.05) is 25.4 Å². The number of hydrogen-bond acceptors (Lipinski definition) is 2. The molecule has 2 amide bonds. The van der Waals surface area contributed by atoms with Crippen molar-refractivity contribution in [1.82, 2.24) is 10.2 Å². The van der Waals surface area contributed by atoms with E-state index in [1.807, 2.05) is 35.2 Å². The van der Waals surface area contributed by atoms with E-state index >= 15 is 0 Å². The zero-order valence-electron chi connectivity index (χ0n) is 13.7. The number of nitrogens with zero attached hydrogens (tertiary/aromatic N) is 1. The lowest BCUT2D eigenvalue weighted by atomic mass is 10.0. The molecule has 1 heterocycles. The lowest BCUT2D eigenvalue weighted by Gasteiger charge is -2.25. The third-order valence-corrected chi connectivity index (χ3v) is 5.04. The normalized spacial score (nSPS) is 19.7. The van der Waals surface area contributed by atoms with Gasteiger partial charge < -0.3 is 10.2 Å². The van der Waals surface area contributed by atoms with Gasteiger partial charge in [-0.1, -0.05) is 43.2 Å². The molecule has 1 aromatic rings. The maximum Gasteiger partial charge on any atom is 0.245 e. The molecule has 2 fully saturated rings. The van der Waals surface area contributed by atoms with Crippen LogP contribution >= 0.6 is 0 Å². The molecular weight excluding hydrogens is 288 g/mol. The molecule has 0 spiro atoms.